The highest BCUT2D eigenvalue weighted by Gasteiger charge is 2.15. The van der Waals surface area contributed by atoms with Gasteiger partial charge in [-0.1, -0.05) is 33.6 Å². The molecule has 26 heavy (non-hydrogen) atoms. The lowest BCUT2D eigenvalue weighted by molar-refractivity contribution is -0.120. The van der Waals surface area contributed by atoms with Gasteiger partial charge in [0.05, 0.1) is 10.1 Å². The van der Waals surface area contributed by atoms with Crippen molar-refractivity contribution >= 4 is 43.6 Å². The molecule has 1 unspecified atom stereocenters. The standard InChI is InChI=1S/C18H21BrN2O3S2/c1-13-3-9-17(10-4-13)26(23,24)21-12-11-20-18(22)14(2)25-16-7-5-15(19)6-8-16/h3-10,14,21H,11-12H2,1-2H3,(H,20,22). The Morgan fingerprint density at radius 3 is 2.31 bits per heavy atom. The first-order valence-electron chi connectivity index (χ1n) is 8.04. The minimum atomic E-state index is -3.56. The molecule has 8 heteroatoms. The molecular weight excluding hydrogens is 436 g/mol. The van der Waals surface area contributed by atoms with Crippen molar-refractivity contribution in [3.8, 4) is 0 Å². The second kappa shape index (κ2) is 9.55. The maximum absolute atomic E-state index is 12.2. The lowest BCUT2D eigenvalue weighted by Gasteiger charge is -2.12. The van der Waals surface area contributed by atoms with E-state index in [2.05, 4.69) is 26.0 Å². The summed E-state index contributed by atoms with van der Waals surface area (Å²) in [6.45, 7) is 4.08. The van der Waals surface area contributed by atoms with Gasteiger partial charge >= 0.3 is 0 Å². The first-order chi connectivity index (χ1) is 12.3. The fourth-order valence-electron chi connectivity index (χ4n) is 2.09. The molecule has 0 saturated heterocycles. The second-order valence-electron chi connectivity index (χ2n) is 5.72. The molecule has 0 bridgehead atoms. The van der Waals surface area contributed by atoms with Gasteiger partial charge in [-0.2, -0.15) is 0 Å². The van der Waals surface area contributed by atoms with Gasteiger partial charge in [0.25, 0.3) is 0 Å². The quantitative estimate of drug-likeness (QED) is 0.471. The Kier molecular flexibility index (Phi) is 7.69. The van der Waals surface area contributed by atoms with Crippen LogP contribution in [0, 0.1) is 6.92 Å². The lowest BCUT2D eigenvalue weighted by Crippen LogP contribution is -2.37. The van der Waals surface area contributed by atoms with Gasteiger partial charge in [0.15, 0.2) is 0 Å². The van der Waals surface area contributed by atoms with Crippen LogP contribution in [-0.4, -0.2) is 32.7 Å². The molecule has 2 N–H and O–H groups in total. The molecule has 2 aromatic rings. The third-order valence-corrected chi connectivity index (χ3v) is 6.66. The van der Waals surface area contributed by atoms with E-state index in [0.29, 0.717) is 0 Å². The smallest absolute Gasteiger partial charge is 0.240 e. The van der Waals surface area contributed by atoms with Crippen LogP contribution in [0.5, 0.6) is 0 Å². The average molecular weight is 457 g/mol. The molecule has 2 rings (SSSR count). The van der Waals surface area contributed by atoms with E-state index in [1.807, 2.05) is 38.1 Å². The Hall–Kier alpha value is -1.35. The average Bonchev–Trinajstić information content (AvgIpc) is 2.61. The molecule has 0 aliphatic heterocycles. The van der Waals surface area contributed by atoms with Crippen molar-refractivity contribution < 1.29 is 13.2 Å². The molecule has 0 radical (unpaired) electrons. The van der Waals surface area contributed by atoms with Crippen LogP contribution in [0.3, 0.4) is 0 Å². The fraction of sp³-hybridized carbons (Fsp3) is 0.278. The molecule has 5 nitrogen and oxygen atoms in total. The Morgan fingerprint density at radius 2 is 1.69 bits per heavy atom. The Labute approximate surface area is 167 Å². The number of nitrogens with one attached hydrogen (secondary N) is 2. The maximum atomic E-state index is 12.2. The van der Waals surface area contributed by atoms with Crippen molar-refractivity contribution in [2.45, 2.75) is 28.9 Å². The van der Waals surface area contributed by atoms with Crippen LogP contribution in [0.1, 0.15) is 12.5 Å². The first kappa shape index (κ1) is 21.0. The second-order valence-corrected chi connectivity index (χ2v) is 9.81. The van der Waals surface area contributed by atoms with E-state index in [-0.39, 0.29) is 29.1 Å². The molecule has 1 atom stereocenters. The molecular formula is C18H21BrN2O3S2. The van der Waals surface area contributed by atoms with Crippen LogP contribution >= 0.6 is 27.7 Å². The molecule has 1 amide bonds. The van der Waals surface area contributed by atoms with Gasteiger partial charge in [-0.05, 0) is 50.2 Å². The van der Waals surface area contributed by atoms with E-state index in [4.69, 9.17) is 0 Å². The van der Waals surface area contributed by atoms with Crippen LogP contribution in [0.25, 0.3) is 0 Å². The number of carbonyl (C=O) groups excluding carboxylic acids is 1. The normalized spacial score (nSPS) is 12.6. The molecule has 0 aliphatic carbocycles. The molecule has 2 aromatic carbocycles. The number of amides is 1. The minimum absolute atomic E-state index is 0.132. The Balaban J connectivity index is 1.77. The third kappa shape index (κ3) is 6.42. The molecule has 140 valence electrons. The van der Waals surface area contributed by atoms with Crippen molar-refractivity contribution in [3.63, 3.8) is 0 Å². The lowest BCUT2D eigenvalue weighted by atomic mass is 10.2. The maximum Gasteiger partial charge on any atom is 0.240 e. The van der Waals surface area contributed by atoms with Gasteiger partial charge in [0, 0.05) is 22.5 Å². The highest BCUT2D eigenvalue weighted by atomic mass is 79.9. The first-order valence-corrected chi connectivity index (χ1v) is 11.2. The van der Waals surface area contributed by atoms with Crippen molar-refractivity contribution in [1.29, 1.82) is 0 Å². The summed E-state index contributed by atoms with van der Waals surface area (Å²) in [5.41, 5.74) is 0.994. The van der Waals surface area contributed by atoms with Gasteiger partial charge in [0.2, 0.25) is 15.9 Å². The summed E-state index contributed by atoms with van der Waals surface area (Å²) in [5, 5.41) is 2.48. The van der Waals surface area contributed by atoms with E-state index in [9.17, 15) is 13.2 Å². The Morgan fingerprint density at radius 1 is 1.08 bits per heavy atom. The monoisotopic (exact) mass is 456 g/mol. The largest absolute Gasteiger partial charge is 0.354 e. The predicted octanol–water partition coefficient (Wildman–Crippen LogP) is 3.33. The number of hydrogen-bond donors (Lipinski definition) is 2. The van der Waals surface area contributed by atoms with E-state index in [1.54, 1.807) is 24.3 Å². The zero-order chi connectivity index (χ0) is 19.2. The number of hydrogen-bond acceptors (Lipinski definition) is 4. The molecule has 0 spiro atoms. The third-order valence-electron chi connectivity index (χ3n) is 3.54. The van der Waals surface area contributed by atoms with Gasteiger partial charge in [-0.3, -0.25) is 4.79 Å². The predicted molar refractivity (Wildman–Crippen MR) is 109 cm³/mol. The summed E-state index contributed by atoms with van der Waals surface area (Å²) in [6, 6.07) is 14.3. The van der Waals surface area contributed by atoms with Crippen LogP contribution in [0.2, 0.25) is 0 Å². The van der Waals surface area contributed by atoms with Gasteiger partial charge in [-0.25, -0.2) is 13.1 Å². The number of thioether (sulfide) groups is 1. The number of aryl methyl sites for hydroxylation is 1. The molecule has 0 aliphatic rings. The molecule has 0 saturated carbocycles. The number of halogens is 1. The van der Waals surface area contributed by atoms with Crippen molar-refractivity contribution in [3.05, 3.63) is 58.6 Å². The summed E-state index contributed by atoms with van der Waals surface area (Å²) in [6.07, 6.45) is 0. The topological polar surface area (TPSA) is 75.3 Å². The summed E-state index contributed by atoms with van der Waals surface area (Å²) < 4.78 is 27.8. The van der Waals surface area contributed by atoms with Crippen molar-refractivity contribution in [2.24, 2.45) is 0 Å². The zero-order valence-electron chi connectivity index (χ0n) is 14.5. The van der Waals surface area contributed by atoms with Crippen LogP contribution in [0.4, 0.5) is 0 Å². The highest BCUT2D eigenvalue weighted by Crippen LogP contribution is 2.24. The summed E-state index contributed by atoms with van der Waals surface area (Å²) in [7, 11) is -3.56. The number of rotatable bonds is 8. The van der Waals surface area contributed by atoms with Gasteiger partial charge in [0.1, 0.15) is 0 Å². The van der Waals surface area contributed by atoms with E-state index in [1.165, 1.54) is 11.8 Å². The Bertz CT molecular complexity index is 838. The highest BCUT2D eigenvalue weighted by molar-refractivity contribution is 9.10. The van der Waals surface area contributed by atoms with Crippen LogP contribution in [0.15, 0.2) is 62.8 Å². The number of carbonyl (C=O) groups is 1. The zero-order valence-corrected chi connectivity index (χ0v) is 17.7. The van der Waals surface area contributed by atoms with Crippen LogP contribution in [-0.2, 0) is 14.8 Å². The minimum Gasteiger partial charge on any atom is -0.354 e. The van der Waals surface area contributed by atoms with Gasteiger partial charge < -0.3 is 5.32 Å². The van der Waals surface area contributed by atoms with E-state index >= 15 is 0 Å². The van der Waals surface area contributed by atoms with Crippen molar-refractivity contribution in [2.75, 3.05) is 13.1 Å². The summed E-state index contributed by atoms with van der Waals surface area (Å²) in [5.74, 6) is -0.132. The molecule has 0 heterocycles. The summed E-state index contributed by atoms with van der Waals surface area (Å²) in [4.78, 5) is 13.3. The number of sulfonamides is 1. The summed E-state index contributed by atoms with van der Waals surface area (Å²) >= 11 is 4.83. The van der Waals surface area contributed by atoms with Gasteiger partial charge in [-0.15, -0.1) is 11.8 Å². The van der Waals surface area contributed by atoms with Crippen molar-refractivity contribution in [1.82, 2.24) is 10.0 Å². The number of benzene rings is 2. The molecule has 0 fully saturated rings. The fourth-order valence-corrected chi connectivity index (χ4v) is 4.27. The van der Waals surface area contributed by atoms with E-state index in [0.717, 1.165) is 14.9 Å². The van der Waals surface area contributed by atoms with E-state index < -0.39 is 10.0 Å². The SMILES string of the molecule is Cc1ccc(S(=O)(=O)NCCNC(=O)C(C)Sc2ccc(Br)cc2)cc1. The van der Waals surface area contributed by atoms with Crippen LogP contribution < -0.4 is 10.0 Å². The molecule has 0 aromatic heterocycles.